The van der Waals surface area contributed by atoms with Crippen LogP contribution in [-0.2, 0) is 9.59 Å². The molecule has 3 N–H and O–H groups in total. The second kappa shape index (κ2) is 5.18. The predicted octanol–water partition coefficient (Wildman–Crippen LogP) is -0.702. The van der Waals surface area contributed by atoms with Gasteiger partial charge in [0.05, 0.1) is 0 Å². The molecule has 0 saturated carbocycles. The van der Waals surface area contributed by atoms with Crippen LogP contribution in [0, 0.1) is 0 Å². The summed E-state index contributed by atoms with van der Waals surface area (Å²) < 4.78 is 0. The standard InChI is InChI=1S/C8H13N3O4/c12-6(7(13)14)9-10-8(15)11-4-2-1-3-5-11/h1-5H2,(H,9,12)(H,10,15)(H,13,14). The molecule has 0 atom stereocenters. The molecule has 0 aromatic heterocycles. The number of hydrazine groups is 1. The van der Waals surface area contributed by atoms with Gasteiger partial charge in [0.25, 0.3) is 0 Å². The fourth-order valence-corrected chi connectivity index (χ4v) is 1.34. The highest BCUT2D eigenvalue weighted by Crippen LogP contribution is 2.07. The first-order valence-corrected chi connectivity index (χ1v) is 4.69. The van der Waals surface area contributed by atoms with Gasteiger partial charge < -0.3 is 10.0 Å². The highest BCUT2D eigenvalue weighted by Gasteiger charge is 2.18. The average Bonchev–Trinajstić information content (AvgIpc) is 2.26. The summed E-state index contributed by atoms with van der Waals surface area (Å²) in [5.74, 6) is -2.88. The van der Waals surface area contributed by atoms with Crippen molar-refractivity contribution >= 4 is 17.9 Å². The summed E-state index contributed by atoms with van der Waals surface area (Å²) in [6, 6.07) is -0.468. The summed E-state index contributed by atoms with van der Waals surface area (Å²) in [6.45, 7) is 1.27. The second-order valence-corrected chi connectivity index (χ2v) is 3.24. The van der Waals surface area contributed by atoms with Gasteiger partial charge in [0.2, 0.25) is 0 Å². The van der Waals surface area contributed by atoms with Crippen LogP contribution in [0.15, 0.2) is 0 Å². The molecule has 0 aliphatic carbocycles. The van der Waals surface area contributed by atoms with Crippen LogP contribution in [0.1, 0.15) is 19.3 Å². The van der Waals surface area contributed by atoms with Gasteiger partial charge in [0.15, 0.2) is 0 Å². The van der Waals surface area contributed by atoms with Gasteiger partial charge in [0, 0.05) is 13.1 Å². The van der Waals surface area contributed by atoms with Crippen molar-refractivity contribution in [1.82, 2.24) is 15.8 Å². The fraction of sp³-hybridized carbons (Fsp3) is 0.625. The molecular formula is C8H13N3O4. The molecule has 1 rings (SSSR count). The number of carbonyl (C=O) groups is 3. The number of nitrogens with one attached hydrogen (secondary N) is 2. The fourth-order valence-electron chi connectivity index (χ4n) is 1.34. The van der Waals surface area contributed by atoms with E-state index < -0.39 is 17.9 Å². The van der Waals surface area contributed by atoms with Crippen LogP contribution < -0.4 is 10.9 Å². The number of likely N-dealkylation sites (tertiary alicyclic amines) is 1. The third-order valence-electron chi connectivity index (χ3n) is 2.12. The Kier molecular flexibility index (Phi) is 3.90. The van der Waals surface area contributed by atoms with Crippen molar-refractivity contribution < 1.29 is 19.5 Å². The van der Waals surface area contributed by atoms with E-state index in [1.165, 1.54) is 4.90 Å². The quantitative estimate of drug-likeness (QED) is 0.367. The topological polar surface area (TPSA) is 98.7 Å². The summed E-state index contributed by atoms with van der Waals surface area (Å²) in [6.07, 6.45) is 2.95. The van der Waals surface area contributed by atoms with Crippen molar-refractivity contribution in [1.29, 1.82) is 0 Å². The lowest BCUT2D eigenvalue weighted by Crippen LogP contribution is -2.51. The minimum Gasteiger partial charge on any atom is -0.474 e. The highest BCUT2D eigenvalue weighted by molar-refractivity contribution is 6.31. The van der Waals surface area contributed by atoms with E-state index in [1.54, 1.807) is 5.43 Å². The van der Waals surface area contributed by atoms with Crippen molar-refractivity contribution in [2.24, 2.45) is 0 Å². The number of carboxylic acids is 1. The molecular weight excluding hydrogens is 202 g/mol. The van der Waals surface area contributed by atoms with Gasteiger partial charge in [-0.3, -0.25) is 10.2 Å². The summed E-state index contributed by atoms with van der Waals surface area (Å²) in [5.41, 5.74) is 3.84. The lowest BCUT2D eigenvalue weighted by atomic mass is 10.1. The number of carboxylic acid groups (broad SMARTS) is 1. The first kappa shape index (κ1) is 11.3. The summed E-state index contributed by atoms with van der Waals surface area (Å²) >= 11 is 0. The molecule has 0 aromatic carbocycles. The van der Waals surface area contributed by atoms with Crippen LogP contribution in [-0.4, -0.2) is 41.0 Å². The van der Waals surface area contributed by atoms with Crippen LogP contribution >= 0.6 is 0 Å². The van der Waals surface area contributed by atoms with Gasteiger partial charge in [-0.1, -0.05) is 0 Å². The number of nitrogens with zero attached hydrogens (tertiary/aromatic N) is 1. The van der Waals surface area contributed by atoms with Crippen molar-refractivity contribution in [2.75, 3.05) is 13.1 Å². The lowest BCUT2D eigenvalue weighted by Gasteiger charge is -2.26. The molecule has 1 aliphatic rings. The summed E-state index contributed by atoms with van der Waals surface area (Å²) in [4.78, 5) is 33.6. The molecule has 15 heavy (non-hydrogen) atoms. The number of amides is 3. The first-order valence-electron chi connectivity index (χ1n) is 4.69. The molecule has 1 fully saturated rings. The number of urea groups is 1. The second-order valence-electron chi connectivity index (χ2n) is 3.24. The van der Waals surface area contributed by atoms with Gasteiger partial charge >= 0.3 is 17.9 Å². The predicted molar refractivity (Wildman–Crippen MR) is 49.7 cm³/mol. The molecule has 1 heterocycles. The monoisotopic (exact) mass is 215 g/mol. The minimum absolute atomic E-state index is 0.468. The molecule has 0 spiro atoms. The molecule has 84 valence electrons. The Labute approximate surface area is 86.4 Å². The maximum absolute atomic E-state index is 11.3. The van der Waals surface area contributed by atoms with E-state index in [4.69, 9.17) is 5.11 Å². The lowest BCUT2D eigenvalue weighted by molar-refractivity contribution is -0.150. The number of piperidine rings is 1. The van der Waals surface area contributed by atoms with Gasteiger partial charge in [-0.05, 0) is 19.3 Å². The van der Waals surface area contributed by atoms with Gasteiger partial charge in [-0.15, -0.1) is 0 Å². The first-order chi connectivity index (χ1) is 7.11. The number of rotatable bonds is 0. The van der Waals surface area contributed by atoms with Crippen LogP contribution in [0.5, 0.6) is 0 Å². The molecule has 0 aromatic rings. The SMILES string of the molecule is O=C(O)C(=O)NNC(=O)N1CCCCC1. The molecule has 7 heteroatoms. The third-order valence-corrected chi connectivity index (χ3v) is 2.12. The zero-order valence-corrected chi connectivity index (χ0v) is 8.15. The van der Waals surface area contributed by atoms with E-state index >= 15 is 0 Å². The Balaban J connectivity index is 2.28. The molecule has 1 aliphatic heterocycles. The van der Waals surface area contributed by atoms with Crippen LogP contribution in [0.4, 0.5) is 4.79 Å². The molecule has 1 saturated heterocycles. The molecule has 0 unspecified atom stereocenters. The van der Waals surface area contributed by atoms with Crippen LogP contribution in [0.2, 0.25) is 0 Å². The Bertz CT molecular complexity index is 273. The van der Waals surface area contributed by atoms with E-state index in [9.17, 15) is 14.4 Å². The van der Waals surface area contributed by atoms with Gasteiger partial charge in [0.1, 0.15) is 0 Å². The number of aliphatic carboxylic acids is 1. The zero-order valence-electron chi connectivity index (χ0n) is 8.15. The van der Waals surface area contributed by atoms with Crippen molar-refractivity contribution in [3.63, 3.8) is 0 Å². The zero-order chi connectivity index (χ0) is 11.3. The van der Waals surface area contributed by atoms with Crippen molar-refractivity contribution in [3.8, 4) is 0 Å². The Hall–Kier alpha value is -1.79. The highest BCUT2D eigenvalue weighted by atomic mass is 16.4. The Morgan fingerprint density at radius 1 is 1.00 bits per heavy atom. The van der Waals surface area contributed by atoms with Gasteiger partial charge in [-0.2, -0.15) is 0 Å². The van der Waals surface area contributed by atoms with Gasteiger partial charge in [-0.25, -0.2) is 15.0 Å². The van der Waals surface area contributed by atoms with E-state index in [1.807, 2.05) is 5.43 Å². The third kappa shape index (κ3) is 3.45. The largest absolute Gasteiger partial charge is 0.474 e. The van der Waals surface area contributed by atoms with E-state index in [-0.39, 0.29) is 0 Å². The van der Waals surface area contributed by atoms with Crippen molar-refractivity contribution in [2.45, 2.75) is 19.3 Å². The Morgan fingerprint density at radius 3 is 2.13 bits per heavy atom. The molecule has 7 nitrogen and oxygen atoms in total. The Morgan fingerprint density at radius 2 is 1.60 bits per heavy atom. The molecule has 0 bridgehead atoms. The number of carbonyl (C=O) groups excluding carboxylic acids is 2. The molecule has 3 amide bonds. The summed E-state index contributed by atoms with van der Waals surface area (Å²) in [5, 5.41) is 8.23. The van der Waals surface area contributed by atoms with E-state index in [0.717, 1.165) is 19.3 Å². The maximum atomic E-state index is 11.3. The smallest absolute Gasteiger partial charge is 0.396 e. The normalized spacial score (nSPS) is 15.6. The van der Waals surface area contributed by atoms with Crippen LogP contribution in [0.25, 0.3) is 0 Å². The van der Waals surface area contributed by atoms with Crippen molar-refractivity contribution in [3.05, 3.63) is 0 Å². The molecule has 0 radical (unpaired) electrons. The minimum atomic E-state index is -1.63. The average molecular weight is 215 g/mol. The summed E-state index contributed by atoms with van der Waals surface area (Å²) in [7, 11) is 0. The van der Waals surface area contributed by atoms with Crippen LogP contribution in [0.3, 0.4) is 0 Å². The number of hydrogen-bond donors (Lipinski definition) is 3. The maximum Gasteiger partial charge on any atom is 0.396 e. The van der Waals surface area contributed by atoms with E-state index in [2.05, 4.69) is 0 Å². The van der Waals surface area contributed by atoms with E-state index in [0.29, 0.717) is 13.1 Å². The number of hydrogen-bond acceptors (Lipinski definition) is 3.